The monoisotopic (exact) mass is 384 g/mol. The van der Waals surface area contributed by atoms with Crippen LogP contribution in [0.1, 0.15) is 45.4 Å². The molecule has 2 heteroatoms. The van der Waals surface area contributed by atoms with Gasteiger partial charge in [0.05, 0.1) is 11.2 Å². The minimum Gasteiger partial charge on any atom is -0.355 e. The Kier molecular flexibility index (Phi) is 8.29. The molecule has 1 heterocycles. The highest BCUT2D eigenvalue weighted by atomic mass is 15.0. The molecule has 0 amide bonds. The van der Waals surface area contributed by atoms with E-state index < -0.39 is 0 Å². The second kappa shape index (κ2) is 10.9. The number of hydrogen-bond donors (Lipinski definition) is 1. The number of hydrogen-bond acceptors (Lipinski definition) is 1. The van der Waals surface area contributed by atoms with Crippen LogP contribution in [0.4, 0.5) is 11.4 Å². The molecule has 2 nitrogen and oxygen atoms in total. The fourth-order valence-corrected chi connectivity index (χ4v) is 3.41. The number of para-hydroxylation sites is 1. The first-order valence-corrected chi connectivity index (χ1v) is 10.3. The van der Waals surface area contributed by atoms with Crippen molar-refractivity contribution in [2.75, 3.05) is 5.32 Å². The Labute approximate surface area is 175 Å². The average Bonchev–Trinajstić information content (AvgIpc) is 3.08. The number of rotatable bonds is 7. The van der Waals surface area contributed by atoms with Crippen molar-refractivity contribution in [1.29, 1.82) is 0 Å². The SMILES string of the molecule is C=Cc1c(C=C)n(C(/C=C\C)=C/CC)c2cc(Nc3ccccc3)ccc12.CC. The quantitative estimate of drug-likeness (QED) is 0.404. The van der Waals surface area contributed by atoms with Gasteiger partial charge >= 0.3 is 0 Å². The summed E-state index contributed by atoms with van der Waals surface area (Å²) in [6.45, 7) is 16.3. The summed E-state index contributed by atoms with van der Waals surface area (Å²) >= 11 is 0. The van der Waals surface area contributed by atoms with Crippen LogP contribution >= 0.6 is 0 Å². The van der Waals surface area contributed by atoms with Gasteiger partial charge in [0.2, 0.25) is 0 Å². The Morgan fingerprint density at radius 2 is 1.72 bits per heavy atom. The maximum atomic E-state index is 4.05. The molecule has 150 valence electrons. The molecular weight excluding hydrogens is 352 g/mol. The fraction of sp³-hybridized carbons (Fsp3) is 0.185. The molecule has 0 aliphatic carbocycles. The van der Waals surface area contributed by atoms with E-state index in [-0.39, 0.29) is 0 Å². The molecule has 2 aromatic carbocycles. The van der Waals surface area contributed by atoms with Gasteiger partial charge in [-0.25, -0.2) is 0 Å². The molecule has 0 unspecified atom stereocenters. The second-order valence-electron chi connectivity index (χ2n) is 6.30. The summed E-state index contributed by atoms with van der Waals surface area (Å²) in [6, 6.07) is 16.7. The minimum absolute atomic E-state index is 0.960. The summed E-state index contributed by atoms with van der Waals surface area (Å²) in [5, 5.41) is 4.66. The lowest BCUT2D eigenvalue weighted by molar-refractivity contribution is 1.12. The highest BCUT2D eigenvalue weighted by molar-refractivity contribution is 5.98. The first kappa shape index (κ1) is 22.0. The molecule has 0 saturated carbocycles. The number of aromatic nitrogens is 1. The first-order chi connectivity index (χ1) is 14.2. The fourth-order valence-electron chi connectivity index (χ4n) is 3.41. The zero-order valence-electron chi connectivity index (χ0n) is 18.1. The van der Waals surface area contributed by atoms with Crippen molar-refractivity contribution in [3.8, 4) is 0 Å². The van der Waals surface area contributed by atoms with Gasteiger partial charge in [0, 0.05) is 28.0 Å². The van der Waals surface area contributed by atoms with Crippen LogP contribution in [0.2, 0.25) is 0 Å². The van der Waals surface area contributed by atoms with Gasteiger partial charge in [-0.1, -0.05) is 76.4 Å². The number of allylic oxidation sites excluding steroid dienone is 4. The standard InChI is InChI=1S/C25H26N2.C2H6/c1-5-12-21(13-6-2)27-24(8-4)22(7-3)23-17-16-20(18-25(23)27)26-19-14-10-9-11-15-19;1-2/h5,7-18,26H,3-4,6H2,1-2H3;1-2H3/b12-5-,21-13+;. The molecule has 0 radical (unpaired) electrons. The number of benzene rings is 2. The van der Waals surface area contributed by atoms with E-state index in [4.69, 9.17) is 0 Å². The van der Waals surface area contributed by atoms with Gasteiger partial charge in [-0.3, -0.25) is 0 Å². The van der Waals surface area contributed by atoms with Crippen molar-refractivity contribution in [1.82, 2.24) is 4.57 Å². The van der Waals surface area contributed by atoms with Crippen LogP contribution in [0.25, 0.3) is 28.8 Å². The molecule has 0 aliphatic heterocycles. The summed E-state index contributed by atoms with van der Waals surface area (Å²) in [6.07, 6.45) is 11.2. The molecule has 0 aliphatic rings. The summed E-state index contributed by atoms with van der Waals surface area (Å²) < 4.78 is 2.26. The molecule has 0 spiro atoms. The lowest BCUT2D eigenvalue weighted by Gasteiger charge is -2.12. The van der Waals surface area contributed by atoms with Crippen LogP contribution in [-0.4, -0.2) is 4.57 Å². The number of nitrogens with one attached hydrogen (secondary N) is 1. The van der Waals surface area contributed by atoms with Gasteiger partial charge in [0.15, 0.2) is 0 Å². The highest BCUT2D eigenvalue weighted by Crippen LogP contribution is 2.34. The summed E-state index contributed by atoms with van der Waals surface area (Å²) in [5.41, 5.74) is 6.58. The summed E-state index contributed by atoms with van der Waals surface area (Å²) in [7, 11) is 0. The average molecular weight is 385 g/mol. The molecule has 0 atom stereocenters. The number of nitrogens with zero attached hydrogens (tertiary/aromatic N) is 1. The molecule has 1 N–H and O–H groups in total. The van der Waals surface area contributed by atoms with Crippen LogP contribution in [0.15, 0.2) is 79.9 Å². The second-order valence-corrected chi connectivity index (χ2v) is 6.30. The lowest BCUT2D eigenvalue weighted by atomic mass is 10.1. The lowest BCUT2D eigenvalue weighted by Crippen LogP contribution is -1.98. The normalized spacial score (nSPS) is 11.2. The zero-order valence-corrected chi connectivity index (χ0v) is 18.1. The van der Waals surface area contributed by atoms with Crippen molar-refractivity contribution in [3.05, 3.63) is 91.2 Å². The smallest absolute Gasteiger partial charge is 0.0561 e. The van der Waals surface area contributed by atoms with Crippen LogP contribution in [0.3, 0.4) is 0 Å². The number of fused-ring (bicyclic) bond motifs is 1. The van der Waals surface area contributed by atoms with Crippen molar-refractivity contribution < 1.29 is 0 Å². The van der Waals surface area contributed by atoms with E-state index in [1.165, 1.54) is 5.39 Å². The van der Waals surface area contributed by atoms with Gasteiger partial charge in [0.25, 0.3) is 0 Å². The van der Waals surface area contributed by atoms with E-state index in [0.29, 0.717) is 0 Å². The van der Waals surface area contributed by atoms with Crippen molar-refractivity contribution in [2.45, 2.75) is 34.1 Å². The van der Waals surface area contributed by atoms with Crippen LogP contribution in [-0.2, 0) is 0 Å². The summed E-state index contributed by atoms with van der Waals surface area (Å²) in [5.74, 6) is 0. The summed E-state index contributed by atoms with van der Waals surface area (Å²) in [4.78, 5) is 0. The Morgan fingerprint density at radius 1 is 1.00 bits per heavy atom. The van der Waals surface area contributed by atoms with Gasteiger partial charge in [-0.05, 0) is 49.8 Å². The Balaban J connectivity index is 0.00000145. The Bertz CT molecular complexity index is 1020. The van der Waals surface area contributed by atoms with Gasteiger partial charge in [-0.2, -0.15) is 0 Å². The molecular formula is C27H32N2. The first-order valence-electron chi connectivity index (χ1n) is 10.3. The van der Waals surface area contributed by atoms with E-state index in [1.54, 1.807) is 0 Å². The Morgan fingerprint density at radius 3 is 2.31 bits per heavy atom. The molecule has 1 aromatic heterocycles. The topological polar surface area (TPSA) is 17.0 Å². The molecule has 0 bridgehead atoms. The predicted octanol–water partition coefficient (Wildman–Crippen LogP) is 8.52. The van der Waals surface area contributed by atoms with E-state index in [0.717, 1.165) is 40.3 Å². The minimum atomic E-state index is 0.960. The third-order valence-corrected chi connectivity index (χ3v) is 4.51. The predicted molar refractivity (Wildman–Crippen MR) is 133 cm³/mol. The van der Waals surface area contributed by atoms with Gasteiger partial charge < -0.3 is 9.88 Å². The third-order valence-electron chi connectivity index (χ3n) is 4.51. The number of anilines is 2. The van der Waals surface area contributed by atoms with E-state index in [9.17, 15) is 0 Å². The van der Waals surface area contributed by atoms with E-state index >= 15 is 0 Å². The van der Waals surface area contributed by atoms with E-state index in [1.807, 2.05) is 51.1 Å². The Hall–Kier alpha value is -3.26. The van der Waals surface area contributed by atoms with Crippen LogP contribution in [0, 0.1) is 0 Å². The van der Waals surface area contributed by atoms with Gasteiger partial charge in [-0.15, -0.1) is 0 Å². The third kappa shape index (κ3) is 4.78. The van der Waals surface area contributed by atoms with Crippen molar-refractivity contribution >= 4 is 40.1 Å². The van der Waals surface area contributed by atoms with Crippen molar-refractivity contribution in [3.63, 3.8) is 0 Å². The molecule has 0 fully saturated rings. The molecule has 29 heavy (non-hydrogen) atoms. The molecule has 0 saturated heterocycles. The highest BCUT2D eigenvalue weighted by Gasteiger charge is 2.15. The van der Waals surface area contributed by atoms with Crippen LogP contribution < -0.4 is 5.32 Å². The van der Waals surface area contributed by atoms with Gasteiger partial charge in [0.1, 0.15) is 0 Å². The largest absolute Gasteiger partial charge is 0.355 e. The molecule has 3 aromatic rings. The van der Waals surface area contributed by atoms with Crippen molar-refractivity contribution in [2.24, 2.45) is 0 Å². The maximum Gasteiger partial charge on any atom is 0.0561 e. The van der Waals surface area contributed by atoms with Crippen LogP contribution in [0.5, 0.6) is 0 Å². The van der Waals surface area contributed by atoms with E-state index in [2.05, 4.69) is 78.5 Å². The molecule has 3 rings (SSSR count). The zero-order chi connectivity index (χ0) is 21.2. The maximum absolute atomic E-state index is 4.05.